The van der Waals surface area contributed by atoms with Crippen LogP contribution in [0.3, 0.4) is 0 Å². The number of phenolic OH excluding ortho intramolecular Hbond substituents is 1. The van der Waals surface area contributed by atoms with Gasteiger partial charge in [-0.05, 0) is 24.3 Å². The number of halogens is 4. The molecule has 2 atom stereocenters. The molecule has 1 aliphatic rings. The zero-order valence-electron chi connectivity index (χ0n) is 9.28. The minimum absolute atomic E-state index is 0.0848. The minimum Gasteiger partial charge on any atom is -0.505 e. The van der Waals surface area contributed by atoms with Gasteiger partial charge in [-0.25, -0.2) is 0 Å². The summed E-state index contributed by atoms with van der Waals surface area (Å²) in [6, 6.07) is 3.00. The van der Waals surface area contributed by atoms with Crippen LogP contribution in [0.5, 0.6) is 5.75 Å². The van der Waals surface area contributed by atoms with Gasteiger partial charge in [-0.2, -0.15) is 0 Å². The van der Waals surface area contributed by atoms with Crippen LogP contribution in [0.2, 0.25) is 10.0 Å². The van der Waals surface area contributed by atoms with Gasteiger partial charge in [0.05, 0.1) is 15.2 Å². The summed E-state index contributed by atoms with van der Waals surface area (Å²) >= 11 is 24.7. The summed E-state index contributed by atoms with van der Waals surface area (Å²) in [5, 5.41) is 20.6. The summed E-state index contributed by atoms with van der Waals surface area (Å²) in [6.45, 7) is 0. The molecule has 102 valence electrons. The lowest BCUT2D eigenvalue weighted by Crippen LogP contribution is -2.24. The molecule has 0 bridgehead atoms. The van der Waals surface area contributed by atoms with E-state index in [4.69, 9.17) is 46.4 Å². The molecule has 0 spiro atoms. The van der Waals surface area contributed by atoms with E-state index in [-0.39, 0.29) is 15.8 Å². The van der Waals surface area contributed by atoms with E-state index in [9.17, 15) is 10.2 Å². The largest absolute Gasteiger partial charge is 0.505 e. The summed E-state index contributed by atoms with van der Waals surface area (Å²) in [7, 11) is 0. The quantitative estimate of drug-likeness (QED) is 0.800. The fourth-order valence-electron chi connectivity index (χ4n) is 1.55. The lowest BCUT2D eigenvalue weighted by Gasteiger charge is -2.23. The van der Waals surface area contributed by atoms with Crippen molar-refractivity contribution in [2.75, 3.05) is 0 Å². The first-order valence-electron chi connectivity index (χ1n) is 5.15. The predicted octanol–water partition coefficient (Wildman–Crippen LogP) is 4.78. The normalized spacial score (nSPS) is 23.0. The average Bonchev–Trinajstić information content (AvgIpc) is 2.31. The number of hydrogen-bond acceptors (Lipinski definition) is 3. The van der Waals surface area contributed by atoms with Gasteiger partial charge >= 0.3 is 0 Å². The van der Waals surface area contributed by atoms with E-state index >= 15 is 0 Å². The number of aliphatic hydroxyl groups excluding tert-OH is 1. The second kappa shape index (κ2) is 6.17. The maximum atomic E-state index is 9.97. The Morgan fingerprint density at radius 1 is 1.11 bits per heavy atom. The smallest absolute Gasteiger partial charge is 0.147 e. The molecular weight excluding hydrogens is 350 g/mol. The molecule has 0 radical (unpaired) electrons. The van der Waals surface area contributed by atoms with Crippen LogP contribution in [0, 0.1) is 0 Å². The number of thioether (sulfide) groups is 1. The van der Waals surface area contributed by atoms with Gasteiger partial charge in [0.1, 0.15) is 11.9 Å². The van der Waals surface area contributed by atoms with E-state index in [1.165, 1.54) is 23.9 Å². The summed E-state index contributed by atoms with van der Waals surface area (Å²) in [5.41, 5.74) is 0. The first-order valence-corrected chi connectivity index (χ1v) is 7.55. The van der Waals surface area contributed by atoms with Gasteiger partial charge in [0.25, 0.3) is 0 Å². The third kappa shape index (κ3) is 3.54. The number of hydrogen-bond donors (Lipinski definition) is 2. The second-order valence-electron chi connectivity index (χ2n) is 3.84. The molecule has 1 aliphatic carbocycles. The molecule has 0 amide bonds. The number of phenols is 1. The molecule has 0 fully saturated rings. The van der Waals surface area contributed by atoms with E-state index in [2.05, 4.69) is 0 Å². The Kier molecular flexibility index (Phi) is 4.99. The van der Waals surface area contributed by atoms with E-state index in [1.807, 2.05) is 0 Å². The third-order valence-corrected chi connectivity index (χ3v) is 4.75. The number of benzene rings is 1. The average molecular weight is 358 g/mol. The summed E-state index contributed by atoms with van der Waals surface area (Å²) < 4.78 is 0. The molecule has 7 heteroatoms. The van der Waals surface area contributed by atoms with Gasteiger partial charge in [0.2, 0.25) is 0 Å². The Hall–Kier alpha value is -0.0300. The van der Waals surface area contributed by atoms with Crippen molar-refractivity contribution in [2.45, 2.75) is 16.2 Å². The van der Waals surface area contributed by atoms with E-state index in [0.29, 0.717) is 15.0 Å². The van der Waals surface area contributed by atoms with Crippen molar-refractivity contribution in [1.29, 1.82) is 0 Å². The summed E-state index contributed by atoms with van der Waals surface area (Å²) in [5.74, 6) is -0.0848. The molecule has 19 heavy (non-hydrogen) atoms. The van der Waals surface area contributed by atoms with Crippen LogP contribution in [-0.2, 0) is 0 Å². The van der Waals surface area contributed by atoms with Crippen LogP contribution >= 0.6 is 58.2 Å². The van der Waals surface area contributed by atoms with E-state index < -0.39 is 11.4 Å². The molecule has 0 heterocycles. The van der Waals surface area contributed by atoms with Gasteiger partial charge < -0.3 is 10.2 Å². The highest BCUT2D eigenvalue weighted by atomic mass is 35.5. The maximum absolute atomic E-state index is 9.97. The first kappa shape index (κ1) is 15.4. The number of aromatic hydroxyl groups is 1. The van der Waals surface area contributed by atoms with Crippen LogP contribution in [0.1, 0.15) is 0 Å². The van der Waals surface area contributed by atoms with Crippen LogP contribution < -0.4 is 0 Å². The Morgan fingerprint density at radius 3 is 2.47 bits per heavy atom. The Bertz CT molecular complexity index is 571. The van der Waals surface area contributed by atoms with Crippen LogP contribution in [0.4, 0.5) is 0 Å². The van der Waals surface area contributed by atoms with Crippen molar-refractivity contribution in [3.63, 3.8) is 0 Å². The number of allylic oxidation sites excluding steroid dienone is 2. The van der Waals surface area contributed by atoms with Gasteiger partial charge in [0.15, 0.2) is 0 Å². The Labute approximate surface area is 134 Å². The molecule has 2 N–H and O–H groups in total. The van der Waals surface area contributed by atoms with Crippen LogP contribution in [0.15, 0.2) is 39.2 Å². The molecule has 0 saturated heterocycles. The Balaban J connectivity index is 2.30. The van der Waals surface area contributed by atoms with Crippen molar-refractivity contribution in [3.05, 3.63) is 44.4 Å². The lowest BCUT2D eigenvalue weighted by atomic mass is 10.1. The van der Waals surface area contributed by atoms with Gasteiger partial charge in [0, 0.05) is 15.1 Å². The predicted molar refractivity (Wildman–Crippen MR) is 81.7 cm³/mol. The van der Waals surface area contributed by atoms with Crippen molar-refractivity contribution in [1.82, 2.24) is 0 Å². The minimum atomic E-state index is -0.897. The first-order chi connectivity index (χ1) is 8.88. The van der Waals surface area contributed by atoms with E-state index in [1.54, 1.807) is 12.1 Å². The van der Waals surface area contributed by atoms with Crippen molar-refractivity contribution in [2.24, 2.45) is 0 Å². The van der Waals surface area contributed by atoms with E-state index in [0.717, 1.165) is 0 Å². The van der Waals surface area contributed by atoms with Crippen LogP contribution in [0.25, 0.3) is 0 Å². The molecule has 0 saturated carbocycles. The highest BCUT2D eigenvalue weighted by molar-refractivity contribution is 8.00. The third-order valence-electron chi connectivity index (χ3n) is 2.45. The molecule has 2 unspecified atom stereocenters. The molecular formula is C12H8Cl4O2S. The molecule has 0 aromatic heterocycles. The fraction of sp³-hybridized carbons (Fsp3) is 0.167. The Morgan fingerprint density at radius 2 is 1.79 bits per heavy atom. The van der Waals surface area contributed by atoms with Gasteiger partial charge in [-0.15, -0.1) is 11.8 Å². The SMILES string of the molecule is Oc1c(Cl)cc(Cl)cc1SC1C=C(Cl)C=C(Cl)C1O. The molecule has 2 rings (SSSR count). The zero-order valence-corrected chi connectivity index (χ0v) is 13.1. The molecule has 1 aromatic carbocycles. The van der Waals surface area contributed by atoms with Gasteiger partial charge in [-0.1, -0.05) is 46.4 Å². The molecule has 1 aromatic rings. The lowest BCUT2D eigenvalue weighted by molar-refractivity contribution is 0.225. The number of rotatable bonds is 2. The zero-order chi connectivity index (χ0) is 14.2. The van der Waals surface area contributed by atoms with Gasteiger partial charge in [-0.3, -0.25) is 0 Å². The van der Waals surface area contributed by atoms with Crippen molar-refractivity contribution >= 4 is 58.2 Å². The number of aliphatic hydroxyl groups is 1. The maximum Gasteiger partial charge on any atom is 0.147 e. The van der Waals surface area contributed by atoms with Crippen molar-refractivity contribution in [3.8, 4) is 5.75 Å². The molecule has 2 nitrogen and oxygen atoms in total. The van der Waals surface area contributed by atoms with Crippen LogP contribution in [-0.4, -0.2) is 21.6 Å². The topological polar surface area (TPSA) is 40.5 Å². The second-order valence-corrected chi connectivity index (χ2v) is 6.78. The summed E-state index contributed by atoms with van der Waals surface area (Å²) in [4.78, 5) is 0.452. The molecule has 0 aliphatic heterocycles. The monoisotopic (exact) mass is 356 g/mol. The standard InChI is InChI=1S/C12H8Cl4O2S/c13-5-1-7(15)11(17)9(3-5)19-10-4-6(14)2-8(16)12(10)18/h1-4,9,11,17-18H. The fourth-order valence-corrected chi connectivity index (χ4v) is 4.07. The summed E-state index contributed by atoms with van der Waals surface area (Å²) in [6.07, 6.45) is 2.23. The highest BCUT2D eigenvalue weighted by Crippen LogP contribution is 2.42. The highest BCUT2D eigenvalue weighted by Gasteiger charge is 2.26. The van der Waals surface area contributed by atoms with Crippen molar-refractivity contribution < 1.29 is 10.2 Å².